The van der Waals surface area contributed by atoms with Crippen LogP contribution < -0.4 is 10.3 Å². The van der Waals surface area contributed by atoms with Gasteiger partial charge in [-0.25, -0.2) is 4.57 Å². The molecule has 0 saturated heterocycles. The van der Waals surface area contributed by atoms with Crippen LogP contribution in [0.15, 0.2) is 82.6 Å². The van der Waals surface area contributed by atoms with Gasteiger partial charge in [-0.3, -0.25) is 9.79 Å². The molecule has 0 spiro atoms. The molecule has 1 N–H and O–H groups in total. The van der Waals surface area contributed by atoms with Crippen molar-refractivity contribution in [1.29, 1.82) is 0 Å². The number of rotatable bonds is 6. The highest BCUT2D eigenvalue weighted by molar-refractivity contribution is 6.01. The van der Waals surface area contributed by atoms with Gasteiger partial charge in [0.25, 0.3) is 5.56 Å². The Morgan fingerprint density at radius 2 is 1.65 bits per heavy atom. The standard InChI is InChI=1S/C26H24N2O3/c1-18-7-3-6-10-24(18)28-25(29)22-9-5-4-8-21(22)23(26(28)30)17-27-16-15-19-11-13-20(31-2)14-12-19/h3-14,17,30H,15-16H2,1-2H3. The maximum atomic E-state index is 13.2. The van der Waals surface area contributed by atoms with Gasteiger partial charge in [-0.15, -0.1) is 0 Å². The first-order chi connectivity index (χ1) is 15.1. The van der Waals surface area contributed by atoms with E-state index in [0.29, 0.717) is 28.6 Å². The number of para-hydroxylation sites is 1. The van der Waals surface area contributed by atoms with Crippen molar-refractivity contribution >= 4 is 17.0 Å². The molecule has 4 rings (SSSR count). The first-order valence-corrected chi connectivity index (χ1v) is 10.2. The van der Waals surface area contributed by atoms with Gasteiger partial charge in [0.15, 0.2) is 0 Å². The lowest BCUT2D eigenvalue weighted by atomic mass is 10.1. The average molecular weight is 412 g/mol. The lowest BCUT2D eigenvalue weighted by Gasteiger charge is -2.15. The second kappa shape index (κ2) is 8.88. The fraction of sp³-hybridized carbons (Fsp3) is 0.154. The predicted octanol–water partition coefficient (Wildman–Crippen LogP) is 4.67. The van der Waals surface area contributed by atoms with Crippen molar-refractivity contribution in [3.63, 3.8) is 0 Å². The molecule has 0 amide bonds. The maximum Gasteiger partial charge on any atom is 0.265 e. The second-order valence-electron chi connectivity index (χ2n) is 7.34. The minimum absolute atomic E-state index is 0.105. The SMILES string of the molecule is COc1ccc(CCN=Cc2c(O)n(-c3ccccc3C)c(=O)c3ccccc23)cc1. The number of aromatic hydroxyl groups is 1. The molecule has 0 aliphatic carbocycles. The molecular formula is C26H24N2O3. The summed E-state index contributed by atoms with van der Waals surface area (Å²) in [6.07, 6.45) is 2.42. The Balaban J connectivity index is 1.72. The van der Waals surface area contributed by atoms with Gasteiger partial charge >= 0.3 is 0 Å². The van der Waals surface area contributed by atoms with Gasteiger partial charge in [0.05, 0.1) is 18.4 Å². The van der Waals surface area contributed by atoms with Crippen LogP contribution in [0.3, 0.4) is 0 Å². The fourth-order valence-corrected chi connectivity index (χ4v) is 3.67. The summed E-state index contributed by atoms with van der Waals surface area (Å²) in [5.41, 5.74) is 2.99. The van der Waals surface area contributed by atoms with E-state index in [9.17, 15) is 9.90 Å². The molecule has 0 bridgehead atoms. The highest BCUT2D eigenvalue weighted by Gasteiger charge is 2.17. The number of fused-ring (bicyclic) bond motifs is 1. The van der Waals surface area contributed by atoms with Gasteiger partial charge in [-0.05, 0) is 48.7 Å². The molecule has 0 saturated carbocycles. The molecule has 1 heterocycles. The van der Waals surface area contributed by atoms with Gasteiger partial charge in [0, 0.05) is 23.5 Å². The van der Waals surface area contributed by atoms with E-state index in [0.717, 1.165) is 23.3 Å². The molecule has 31 heavy (non-hydrogen) atoms. The van der Waals surface area contributed by atoms with E-state index >= 15 is 0 Å². The number of aromatic nitrogens is 1. The molecule has 156 valence electrons. The summed E-state index contributed by atoms with van der Waals surface area (Å²) in [5.74, 6) is 0.716. The van der Waals surface area contributed by atoms with Crippen LogP contribution in [0.4, 0.5) is 0 Å². The van der Waals surface area contributed by atoms with E-state index in [2.05, 4.69) is 4.99 Å². The smallest absolute Gasteiger partial charge is 0.265 e. The number of pyridine rings is 1. The first-order valence-electron chi connectivity index (χ1n) is 10.2. The van der Waals surface area contributed by atoms with Crippen molar-refractivity contribution in [2.24, 2.45) is 4.99 Å². The topological polar surface area (TPSA) is 63.8 Å². The van der Waals surface area contributed by atoms with E-state index < -0.39 is 0 Å². The van der Waals surface area contributed by atoms with Crippen LogP contribution >= 0.6 is 0 Å². The summed E-state index contributed by atoms with van der Waals surface area (Å²) in [7, 11) is 1.65. The first kappa shape index (κ1) is 20.4. The van der Waals surface area contributed by atoms with Gasteiger partial charge in [-0.2, -0.15) is 0 Å². The predicted molar refractivity (Wildman–Crippen MR) is 125 cm³/mol. The summed E-state index contributed by atoms with van der Waals surface area (Å²) in [5, 5.41) is 12.3. The van der Waals surface area contributed by atoms with Crippen LogP contribution in [0, 0.1) is 6.92 Å². The van der Waals surface area contributed by atoms with Crippen LogP contribution in [0.5, 0.6) is 11.6 Å². The Bertz CT molecular complexity index is 1300. The third-order valence-electron chi connectivity index (χ3n) is 5.37. The van der Waals surface area contributed by atoms with E-state index in [1.54, 1.807) is 19.4 Å². The zero-order valence-electron chi connectivity index (χ0n) is 17.6. The minimum atomic E-state index is -0.252. The Morgan fingerprint density at radius 1 is 0.968 bits per heavy atom. The highest BCUT2D eigenvalue weighted by Crippen LogP contribution is 2.27. The largest absolute Gasteiger partial charge is 0.497 e. The number of benzene rings is 3. The molecular weight excluding hydrogens is 388 g/mol. The van der Waals surface area contributed by atoms with Gasteiger partial charge in [-0.1, -0.05) is 48.5 Å². The fourth-order valence-electron chi connectivity index (χ4n) is 3.67. The average Bonchev–Trinajstić information content (AvgIpc) is 2.80. The zero-order chi connectivity index (χ0) is 21.8. The van der Waals surface area contributed by atoms with Crippen LogP contribution in [0.25, 0.3) is 16.5 Å². The number of aliphatic imine (C=N–C) groups is 1. The zero-order valence-corrected chi connectivity index (χ0v) is 17.6. The third-order valence-corrected chi connectivity index (χ3v) is 5.37. The Labute approximate surface area is 180 Å². The van der Waals surface area contributed by atoms with Crippen molar-refractivity contribution in [2.45, 2.75) is 13.3 Å². The monoisotopic (exact) mass is 412 g/mol. The molecule has 0 aliphatic rings. The van der Waals surface area contributed by atoms with Gasteiger partial charge in [0.1, 0.15) is 5.75 Å². The number of hydrogen-bond acceptors (Lipinski definition) is 4. The van der Waals surface area contributed by atoms with E-state index in [4.69, 9.17) is 4.74 Å². The molecule has 0 unspecified atom stereocenters. The summed E-state index contributed by atoms with van der Waals surface area (Å²) < 4.78 is 6.55. The Hall–Kier alpha value is -3.86. The van der Waals surface area contributed by atoms with Crippen LogP contribution in [0.1, 0.15) is 16.7 Å². The van der Waals surface area contributed by atoms with Crippen LogP contribution in [-0.2, 0) is 6.42 Å². The molecule has 0 radical (unpaired) electrons. The van der Waals surface area contributed by atoms with Crippen LogP contribution in [0.2, 0.25) is 0 Å². The number of hydrogen-bond donors (Lipinski definition) is 1. The molecule has 5 heteroatoms. The number of methoxy groups -OCH3 is 1. The Kier molecular flexibility index (Phi) is 5.85. The molecule has 4 aromatic rings. The number of nitrogens with zero attached hydrogens (tertiary/aromatic N) is 2. The van der Waals surface area contributed by atoms with Crippen molar-refractivity contribution in [2.75, 3.05) is 13.7 Å². The van der Waals surface area contributed by atoms with E-state index in [1.165, 1.54) is 4.57 Å². The van der Waals surface area contributed by atoms with Crippen LogP contribution in [-0.4, -0.2) is 29.5 Å². The van der Waals surface area contributed by atoms with Gasteiger partial charge in [0.2, 0.25) is 5.88 Å². The number of aryl methyl sites for hydroxylation is 1. The molecule has 0 aliphatic heterocycles. The molecule has 3 aromatic carbocycles. The molecule has 0 atom stereocenters. The third kappa shape index (κ3) is 4.08. The summed E-state index contributed by atoms with van der Waals surface area (Å²) in [6, 6.07) is 22.7. The Morgan fingerprint density at radius 3 is 2.35 bits per heavy atom. The lowest BCUT2D eigenvalue weighted by molar-refractivity contribution is 0.414. The number of ether oxygens (including phenoxy) is 1. The highest BCUT2D eigenvalue weighted by atomic mass is 16.5. The normalized spacial score (nSPS) is 11.3. The second-order valence-corrected chi connectivity index (χ2v) is 7.34. The maximum absolute atomic E-state index is 13.2. The van der Waals surface area contributed by atoms with Crippen molar-refractivity contribution < 1.29 is 9.84 Å². The molecule has 5 nitrogen and oxygen atoms in total. The van der Waals surface area contributed by atoms with E-state index in [1.807, 2.05) is 73.7 Å². The van der Waals surface area contributed by atoms with Crippen molar-refractivity contribution in [1.82, 2.24) is 4.57 Å². The minimum Gasteiger partial charge on any atom is -0.497 e. The summed E-state index contributed by atoms with van der Waals surface area (Å²) >= 11 is 0. The van der Waals surface area contributed by atoms with Gasteiger partial charge < -0.3 is 9.84 Å². The van der Waals surface area contributed by atoms with Crippen molar-refractivity contribution in [3.05, 3.63) is 99.8 Å². The summed E-state index contributed by atoms with van der Waals surface area (Å²) in [4.78, 5) is 17.7. The van der Waals surface area contributed by atoms with E-state index in [-0.39, 0.29) is 11.4 Å². The molecule has 0 fully saturated rings. The summed E-state index contributed by atoms with van der Waals surface area (Å²) in [6.45, 7) is 2.47. The molecule has 1 aromatic heterocycles. The van der Waals surface area contributed by atoms with Crippen molar-refractivity contribution in [3.8, 4) is 17.3 Å². The lowest BCUT2D eigenvalue weighted by Crippen LogP contribution is -2.20. The quantitative estimate of drug-likeness (QED) is 0.468.